The van der Waals surface area contributed by atoms with E-state index in [-0.39, 0.29) is 5.25 Å². The summed E-state index contributed by atoms with van der Waals surface area (Å²) < 4.78 is 1.74. The lowest BCUT2D eigenvalue weighted by Crippen LogP contribution is -2.30. The van der Waals surface area contributed by atoms with Crippen molar-refractivity contribution in [3.63, 3.8) is 0 Å². The molecular formula is C11H18N2OS2. The van der Waals surface area contributed by atoms with Crippen molar-refractivity contribution < 1.29 is 5.11 Å². The number of thioether (sulfide) groups is 2. The predicted molar refractivity (Wildman–Crippen MR) is 70.9 cm³/mol. The molecule has 1 saturated heterocycles. The van der Waals surface area contributed by atoms with E-state index in [0.29, 0.717) is 10.5 Å². The number of rotatable bonds is 2. The Bertz CT molecular complexity index is 356. The van der Waals surface area contributed by atoms with Gasteiger partial charge < -0.3 is 5.11 Å². The van der Waals surface area contributed by atoms with Gasteiger partial charge in [-0.15, -0.1) is 0 Å². The zero-order chi connectivity index (χ0) is 11.7. The molecule has 0 aliphatic carbocycles. The van der Waals surface area contributed by atoms with Crippen molar-refractivity contribution in [2.24, 2.45) is 7.05 Å². The summed E-state index contributed by atoms with van der Waals surface area (Å²) in [5.41, 5.74) is 0.794. The highest BCUT2D eigenvalue weighted by molar-refractivity contribution is 8.07. The van der Waals surface area contributed by atoms with Crippen LogP contribution in [0.5, 0.6) is 0 Å². The third-order valence-electron chi connectivity index (χ3n) is 2.96. The molecule has 4 atom stereocenters. The molecule has 0 bridgehead atoms. The summed E-state index contributed by atoms with van der Waals surface area (Å²) in [6, 6.07) is 1.90. The molecular weight excluding hydrogens is 240 g/mol. The van der Waals surface area contributed by atoms with Crippen molar-refractivity contribution in [2.45, 2.75) is 35.7 Å². The second-order valence-electron chi connectivity index (χ2n) is 4.28. The number of aryl methyl sites for hydroxylation is 1. The van der Waals surface area contributed by atoms with Gasteiger partial charge in [-0.05, 0) is 6.07 Å². The van der Waals surface area contributed by atoms with Crippen LogP contribution in [0.4, 0.5) is 0 Å². The van der Waals surface area contributed by atoms with Crippen molar-refractivity contribution >= 4 is 23.5 Å². The van der Waals surface area contributed by atoms with E-state index in [2.05, 4.69) is 18.9 Å². The second kappa shape index (κ2) is 5.02. The standard InChI is InChI=1S/C11H18N2OS2/c1-7-8(2)16-10(6-15-7)11(14)9-4-5-13(3)12-9/h4-5,7-8,10-11,14H,6H2,1-3H3. The lowest BCUT2D eigenvalue weighted by Gasteiger charge is -2.33. The Morgan fingerprint density at radius 2 is 2.25 bits per heavy atom. The Balaban J connectivity index is 2.02. The molecule has 4 unspecified atom stereocenters. The molecule has 1 aliphatic rings. The summed E-state index contributed by atoms with van der Waals surface area (Å²) in [6.07, 6.45) is 1.44. The molecule has 2 rings (SSSR count). The molecule has 5 heteroatoms. The van der Waals surface area contributed by atoms with Gasteiger partial charge in [-0.2, -0.15) is 28.6 Å². The van der Waals surface area contributed by atoms with Crippen molar-refractivity contribution in [1.82, 2.24) is 9.78 Å². The number of aromatic nitrogens is 2. The maximum absolute atomic E-state index is 10.3. The molecule has 3 nitrogen and oxygen atoms in total. The van der Waals surface area contributed by atoms with Crippen LogP contribution < -0.4 is 0 Å². The van der Waals surface area contributed by atoms with E-state index in [1.165, 1.54) is 0 Å². The molecule has 0 saturated carbocycles. The van der Waals surface area contributed by atoms with Gasteiger partial charge in [-0.25, -0.2) is 0 Å². The lowest BCUT2D eigenvalue weighted by molar-refractivity contribution is 0.174. The third kappa shape index (κ3) is 2.57. The van der Waals surface area contributed by atoms with E-state index in [0.717, 1.165) is 11.4 Å². The third-order valence-corrected chi connectivity index (χ3v) is 6.44. The first kappa shape index (κ1) is 12.3. The summed E-state index contributed by atoms with van der Waals surface area (Å²) in [6.45, 7) is 4.49. The minimum absolute atomic E-state index is 0.270. The second-order valence-corrected chi connectivity index (χ2v) is 7.31. The fourth-order valence-corrected chi connectivity index (χ4v) is 4.74. The minimum atomic E-state index is -0.436. The monoisotopic (exact) mass is 258 g/mol. The van der Waals surface area contributed by atoms with Gasteiger partial charge in [0.25, 0.3) is 0 Å². The number of aliphatic hydroxyl groups excluding tert-OH is 1. The van der Waals surface area contributed by atoms with Crippen LogP contribution in [0.25, 0.3) is 0 Å². The van der Waals surface area contributed by atoms with Gasteiger partial charge in [0.05, 0.1) is 5.69 Å². The summed E-state index contributed by atoms with van der Waals surface area (Å²) in [4.78, 5) is 0. The SMILES string of the molecule is CC1SCC(C(O)c2ccn(C)n2)SC1C. The van der Waals surface area contributed by atoms with Crippen LogP contribution in [-0.4, -0.2) is 36.4 Å². The molecule has 1 fully saturated rings. The summed E-state index contributed by atoms with van der Waals surface area (Å²) in [5.74, 6) is 1.01. The first-order chi connectivity index (χ1) is 7.58. The number of aliphatic hydroxyl groups is 1. The largest absolute Gasteiger partial charge is 0.386 e. The lowest BCUT2D eigenvalue weighted by atomic mass is 10.2. The summed E-state index contributed by atoms with van der Waals surface area (Å²) >= 11 is 3.84. The highest BCUT2D eigenvalue weighted by atomic mass is 32.2. The summed E-state index contributed by atoms with van der Waals surface area (Å²) in [7, 11) is 1.88. The quantitative estimate of drug-likeness (QED) is 0.881. The Morgan fingerprint density at radius 1 is 1.50 bits per heavy atom. The maximum Gasteiger partial charge on any atom is 0.110 e. The van der Waals surface area contributed by atoms with Crippen LogP contribution in [0, 0.1) is 0 Å². The number of hydrogen-bond donors (Lipinski definition) is 1. The van der Waals surface area contributed by atoms with Gasteiger partial charge in [0, 0.05) is 34.7 Å². The Hall–Kier alpha value is -0.130. The van der Waals surface area contributed by atoms with E-state index in [4.69, 9.17) is 0 Å². The molecule has 0 amide bonds. The van der Waals surface area contributed by atoms with E-state index in [9.17, 15) is 5.11 Å². The van der Waals surface area contributed by atoms with Gasteiger partial charge >= 0.3 is 0 Å². The van der Waals surface area contributed by atoms with Crippen LogP contribution >= 0.6 is 23.5 Å². The average Bonchev–Trinajstić information content (AvgIpc) is 2.68. The number of hydrogen-bond acceptors (Lipinski definition) is 4. The molecule has 1 aromatic heterocycles. The van der Waals surface area contributed by atoms with Crippen LogP contribution in [-0.2, 0) is 7.05 Å². The normalized spacial score (nSPS) is 32.6. The van der Waals surface area contributed by atoms with Gasteiger partial charge in [0.1, 0.15) is 6.10 Å². The Morgan fingerprint density at radius 3 is 2.81 bits per heavy atom. The smallest absolute Gasteiger partial charge is 0.110 e. The molecule has 0 aromatic carbocycles. The molecule has 1 aromatic rings. The Kier molecular flexibility index (Phi) is 3.87. The highest BCUT2D eigenvalue weighted by Gasteiger charge is 2.31. The fourth-order valence-electron chi connectivity index (χ4n) is 1.75. The van der Waals surface area contributed by atoms with Crippen LogP contribution in [0.2, 0.25) is 0 Å². The van der Waals surface area contributed by atoms with Gasteiger partial charge in [0.2, 0.25) is 0 Å². The highest BCUT2D eigenvalue weighted by Crippen LogP contribution is 2.40. The maximum atomic E-state index is 10.3. The predicted octanol–water partition coefficient (Wildman–Crippen LogP) is 2.08. The number of nitrogens with zero attached hydrogens (tertiary/aromatic N) is 2. The van der Waals surface area contributed by atoms with Crippen LogP contribution in [0.15, 0.2) is 12.3 Å². The fraction of sp³-hybridized carbons (Fsp3) is 0.727. The molecule has 1 N–H and O–H groups in total. The van der Waals surface area contributed by atoms with Crippen molar-refractivity contribution in [1.29, 1.82) is 0 Å². The van der Waals surface area contributed by atoms with E-state index in [1.54, 1.807) is 4.68 Å². The van der Waals surface area contributed by atoms with E-state index in [1.807, 2.05) is 42.8 Å². The zero-order valence-corrected chi connectivity index (χ0v) is 11.5. The van der Waals surface area contributed by atoms with Crippen molar-refractivity contribution in [3.05, 3.63) is 18.0 Å². The van der Waals surface area contributed by atoms with Gasteiger partial charge in [0.15, 0.2) is 0 Å². The first-order valence-corrected chi connectivity index (χ1v) is 7.51. The first-order valence-electron chi connectivity index (χ1n) is 5.52. The Labute approximate surface area is 105 Å². The molecule has 2 heterocycles. The van der Waals surface area contributed by atoms with Gasteiger partial charge in [-0.1, -0.05) is 13.8 Å². The zero-order valence-electron chi connectivity index (χ0n) is 9.83. The molecule has 16 heavy (non-hydrogen) atoms. The minimum Gasteiger partial charge on any atom is -0.386 e. The van der Waals surface area contributed by atoms with E-state index < -0.39 is 6.10 Å². The molecule has 1 aliphatic heterocycles. The van der Waals surface area contributed by atoms with Crippen molar-refractivity contribution in [3.8, 4) is 0 Å². The molecule has 0 spiro atoms. The van der Waals surface area contributed by atoms with Crippen molar-refractivity contribution in [2.75, 3.05) is 5.75 Å². The van der Waals surface area contributed by atoms with E-state index >= 15 is 0 Å². The topological polar surface area (TPSA) is 38.0 Å². The summed E-state index contributed by atoms with van der Waals surface area (Å²) in [5, 5.41) is 16.1. The molecule has 90 valence electrons. The molecule has 0 radical (unpaired) electrons. The average molecular weight is 258 g/mol. The van der Waals surface area contributed by atoms with Crippen LogP contribution in [0.3, 0.4) is 0 Å². The van der Waals surface area contributed by atoms with Crippen LogP contribution in [0.1, 0.15) is 25.6 Å². The van der Waals surface area contributed by atoms with Gasteiger partial charge in [-0.3, -0.25) is 4.68 Å².